The molecule has 1 saturated carbocycles. The third kappa shape index (κ3) is 2.66. The molecule has 1 atom stereocenters. The van der Waals surface area contributed by atoms with E-state index in [-0.39, 0.29) is 17.7 Å². The molecule has 1 aliphatic carbocycles. The van der Waals surface area contributed by atoms with Gasteiger partial charge in [0.25, 0.3) is 5.91 Å². The predicted molar refractivity (Wildman–Crippen MR) is 71.7 cm³/mol. The van der Waals surface area contributed by atoms with E-state index in [0.29, 0.717) is 11.5 Å². The van der Waals surface area contributed by atoms with Crippen LogP contribution >= 0.6 is 0 Å². The van der Waals surface area contributed by atoms with Gasteiger partial charge in [0.2, 0.25) is 0 Å². The van der Waals surface area contributed by atoms with Crippen molar-refractivity contribution in [2.45, 2.75) is 45.6 Å². The maximum Gasteiger partial charge on any atom is 0.255 e. The summed E-state index contributed by atoms with van der Waals surface area (Å²) in [5.74, 6) is 0.505. The molecule has 0 aromatic heterocycles. The number of amides is 1. The Morgan fingerprint density at radius 3 is 2.72 bits per heavy atom. The van der Waals surface area contributed by atoms with Crippen molar-refractivity contribution in [1.82, 2.24) is 5.32 Å². The number of rotatable bonds is 3. The molecule has 0 saturated heterocycles. The fraction of sp³-hybridized carbons (Fsp3) is 0.533. The van der Waals surface area contributed by atoms with E-state index in [4.69, 9.17) is 0 Å². The summed E-state index contributed by atoms with van der Waals surface area (Å²) in [4.78, 5) is 12.1. The lowest BCUT2D eigenvalue weighted by atomic mass is 9.99. The summed E-state index contributed by atoms with van der Waals surface area (Å²) in [5, 5.41) is 12.9. The monoisotopic (exact) mass is 247 g/mol. The molecule has 0 heterocycles. The first-order chi connectivity index (χ1) is 8.59. The van der Waals surface area contributed by atoms with Gasteiger partial charge < -0.3 is 10.4 Å². The lowest BCUT2D eigenvalue weighted by molar-refractivity contribution is 0.0924. The third-order valence-corrected chi connectivity index (χ3v) is 3.95. The van der Waals surface area contributed by atoms with Crippen LogP contribution in [0.2, 0.25) is 0 Å². The van der Waals surface area contributed by atoms with Crippen molar-refractivity contribution >= 4 is 5.91 Å². The molecular weight excluding hydrogens is 226 g/mol. The van der Waals surface area contributed by atoms with E-state index in [1.54, 1.807) is 25.1 Å². The summed E-state index contributed by atoms with van der Waals surface area (Å²) in [5.41, 5.74) is 1.11. The number of nitrogens with one attached hydrogen (secondary N) is 1. The van der Waals surface area contributed by atoms with Gasteiger partial charge in [0.05, 0.1) is 5.56 Å². The summed E-state index contributed by atoms with van der Waals surface area (Å²) < 4.78 is 0. The molecule has 3 nitrogen and oxygen atoms in total. The zero-order chi connectivity index (χ0) is 13.1. The van der Waals surface area contributed by atoms with E-state index in [2.05, 4.69) is 12.2 Å². The van der Waals surface area contributed by atoms with Crippen molar-refractivity contribution in [3.63, 3.8) is 0 Å². The van der Waals surface area contributed by atoms with Gasteiger partial charge >= 0.3 is 0 Å². The minimum atomic E-state index is -0.171. The molecule has 3 heteroatoms. The van der Waals surface area contributed by atoms with Crippen LogP contribution in [0, 0.1) is 12.8 Å². The van der Waals surface area contributed by atoms with Crippen LogP contribution in [0.5, 0.6) is 5.75 Å². The molecule has 0 radical (unpaired) electrons. The number of para-hydroxylation sites is 1. The molecule has 2 rings (SSSR count). The normalized spacial score (nSPS) is 17.7. The van der Waals surface area contributed by atoms with E-state index < -0.39 is 0 Å². The third-order valence-electron chi connectivity index (χ3n) is 3.95. The number of phenols is 1. The second-order valence-electron chi connectivity index (χ2n) is 5.28. The number of hydrogen-bond donors (Lipinski definition) is 2. The van der Waals surface area contributed by atoms with Crippen LogP contribution in [0.1, 0.15) is 48.5 Å². The molecule has 1 aliphatic rings. The lowest BCUT2D eigenvalue weighted by Gasteiger charge is -2.20. The number of hydrogen-bond acceptors (Lipinski definition) is 2. The smallest absolute Gasteiger partial charge is 0.255 e. The van der Waals surface area contributed by atoms with Crippen LogP contribution in [-0.4, -0.2) is 17.1 Å². The number of phenolic OH excluding ortho intramolecular Hbond substituents is 1. The molecule has 1 aromatic carbocycles. The van der Waals surface area contributed by atoms with E-state index in [0.717, 1.165) is 5.56 Å². The summed E-state index contributed by atoms with van der Waals surface area (Å²) in [6, 6.07) is 5.44. The Bertz CT molecular complexity index is 436. The first kappa shape index (κ1) is 12.9. The Morgan fingerprint density at radius 1 is 1.39 bits per heavy atom. The van der Waals surface area contributed by atoms with E-state index in [9.17, 15) is 9.90 Å². The van der Waals surface area contributed by atoms with Gasteiger partial charge in [0, 0.05) is 6.04 Å². The molecule has 0 aliphatic heterocycles. The molecule has 0 spiro atoms. The molecule has 1 unspecified atom stereocenters. The van der Waals surface area contributed by atoms with Gasteiger partial charge in [-0.3, -0.25) is 4.79 Å². The van der Waals surface area contributed by atoms with Crippen LogP contribution in [0.3, 0.4) is 0 Å². The summed E-state index contributed by atoms with van der Waals surface area (Å²) in [7, 11) is 0. The maximum atomic E-state index is 12.1. The summed E-state index contributed by atoms with van der Waals surface area (Å²) in [6.07, 6.45) is 4.92. The average molecular weight is 247 g/mol. The van der Waals surface area contributed by atoms with Gasteiger partial charge in [-0.2, -0.15) is 0 Å². The minimum absolute atomic E-state index is 0.0913. The Balaban J connectivity index is 2.05. The van der Waals surface area contributed by atoms with Crippen LogP contribution in [-0.2, 0) is 0 Å². The lowest BCUT2D eigenvalue weighted by Crippen LogP contribution is -2.37. The number of aromatic hydroxyl groups is 1. The highest BCUT2D eigenvalue weighted by molar-refractivity contribution is 5.97. The highest BCUT2D eigenvalue weighted by Crippen LogP contribution is 2.28. The molecule has 0 bridgehead atoms. The second-order valence-corrected chi connectivity index (χ2v) is 5.28. The van der Waals surface area contributed by atoms with Crippen molar-refractivity contribution in [3.05, 3.63) is 29.3 Å². The molecular formula is C15H21NO2. The van der Waals surface area contributed by atoms with Crippen molar-refractivity contribution in [1.29, 1.82) is 0 Å². The zero-order valence-electron chi connectivity index (χ0n) is 11.1. The molecule has 98 valence electrons. The van der Waals surface area contributed by atoms with Crippen LogP contribution < -0.4 is 5.32 Å². The van der Waals surface area contributed by atoms with Crippen LogP contribution in [0.15, 0.2) is 18.2 Å². The Hall–Kier alpha value is -1.51. The van der Waals surface area contributed by atoms with Crippen molar-refractivity contribution < 1.29 is 9.90 Å². The molecule has 1 amide bonds. The van der Waals surface area contributed by atoms with Gasteiger partial charge in [-0.1, -0.05) is 25.0 Å². The first-order valence-corrected chi connectivity index (χ1v) is 6.69. The Labute approximate surface area is 108 Å². The van der Waals surface area contributed by atoms with Crippen LogP contribution in [0.4, 0.5) is 0 Å². The second kappa shape index (κ2) is 5.42. The first-order valence-electron chi connectivity index (χ1n) is 6.69. The Morgan fingerprint density at radius 2 is 2.06 bits per heavy atom. The zero-order valence-corrected chi connectivity index (χ0v) is 11.1. The fourth-order valence-corrected chi connectivity index (χ4v) is 2.70. The van der Waals surface area contributed by atoms with Gasteiger partial charge in [0.1, 0.15) is 5.75 Å². The molecule has 1 fully saturated rings. The van der Waals surface area contributed by atoms with E-state index in [1.165, 1.54) is 25.7 Å². The summed E-state index contributed by atoms with van der Waals surface area (Å²) >= 11 is 0. The van der Waals surface area contributed by atoms with E-state index in [1.807, 2.05) is 0 Å². The number of aryl methyl sites for hydroxylation is 1. The number of benzene rings is 1. The fourth-order valence-electron chi connectivity index (χ4n) is 2.70. The summed E-state index contributed by atoms with van der Waals surface area (Å²) in [6.45, 7) is 3.85. The predicted octanol–water partition coefficient (Wildman–Crippen LogP) is 3.01. The number of carbonyl (C=O) groups excluding carboxylic acids is 1. The van der Waals surface area contributed by atoms with Gasteiger partial charge in [-0.15, -0.1) is 0 Å². The molecule has 2 N–H and O–H groups in total. The van der Waals surface area contributed by atoms with Gasteiger partial charge in [-0.05, 0) is 44.2 Å². The van der Waals surface area contributed by atoms with E-state index >= 15 is 0 Å². The standard InChI is InChI=1S/C15H21NO2/c1-10-6-5-9-13(14(10)17)15(18)16-11(2)12-7-3-4-8-12/h5-6,9,11-12,17H,3-4,7-8H2,1-2H3,(H,16,18). The quantitative estimate of drug-likeness (QED) is 0.862. The van der Waals surface area contributed by atoms with Crippen molar-refractivity contribution in [2.75, 3.05) is 0 Å². The molecule has 18 heavy (non-hydrogen) atoms. The van der Waals surface area contributed by atoms with Gasteiger partial charge in [0.15, 0.2) is 0 Å². The largest absolute Gasteiger partial charge is 0.507 e. The highest BCUT2D eigenvalue weighted by atomic mass is 16.3. The van der Waals surface area contributed by atoms with Crippen molar-refractivity contribution in [2.24, 2.45) is 5.92 Å². The van der Waals surface area contributed by atoms with Crippen LogP contribution in [0.25, 0.3) is 0 Å². The number of carbonyl (C=O) groups is 1. The van der Waals surface area contributed by atoms with Gasteiger partial charge in [-0.25, -0.2) is 0 Å². The Kier molecular flexibility index (Phi) is 3.90. The highest BCUT2D eigenvalue weighted by Gasteiger charge is 2.24. The maximum absolute atomic E-state index is 12.1. The average Bonchev–Trinajstić information content (AvgIpc) is 2.86. The SMILES string of the molecule is Cc1cccc(C(=O)NC(C)C2CCCC2)c1O. The molecule has 1 aromatic rings. The topological polar surface area (TPSA) is 49.3 Å². The minimum Gasteiger partial charge on any atom is -0.507 e. The van der Waals surface area contributed by atoms with Crippen molar-refractivity contribution in [3.8, 4) is 5.75 Å².